The Labute approximate surface area is 187 Å². The molecule has 1 aromatic heterocycles. The molecule has 0 saturated heterocycles. The maximum Gasteiger partial charge on any atom is 0.335 e. The van der Waals surface area contributed by atoms with Crippen LogP contribution >= 0.6 is 0 Å². The van der Waals surface area contributed by atoms with Gasteiger partial charge in [-0.3, -0.25) is 5.10 Å². The quantitative estimate of drug-likeness (QED) is 0.170. The van der Waals surface area contributed by atoms with Crippen LogP contribution in [0.4, 0.5) is 0 Å². The van der Waals surface area contributed by atoms with Crippen LogP contribution < -0.4 is 4.74 Å². The average Bonchev–Trinajstić information content (AvgIpc) is 3.27. The number of aromatic amines is 1. The van der Waals surface area contributed by atoms with Crippen molar-refractivity contribution in [2.45, 2.75) is 19.3 Å². The highest BCUT2D eigenvalue weighted by Gasteiger charge is 2.28. The number of nitrogens with zero attached hydrogens (tertiary/aromatic N) is 1. The molecule has 0 unspecified atom stereocenters. The summed E-state index contributed by atoms with van der Waals surface area (Å²) in [6, 6.07) is 24.6. The van der Waals surface area contributed by atoms with Crippen LogP contribution in [0.2, 0.25) is 0 Å². The van der Waals surface area contributed by atoms with Gasteiger partial charge in [-0.05, 0) is 59.2 Å². The predicted molar refractivity (Wildman–Crippen MR) is 128 cm³/mol. The third kappa shape index (κ3) is 3.76. The van der Waals surface area contributed by atoms with E-state index in [1.165, 1.54) is 23.6 Å². The van der Waals surface area contributed by atoms with E-state index in [0.717, 1.165) is 40.4 Å². The first kappa shape index (κ1) is 20.0. The van der Waals surface area contributed by atoms with E-state index in [1.54, 1.807) is 0 Å². The number of allylic oxidation sites excluding steroid dienone is 1. The molecule has 4 heteroatoms. The molecule has 32 heavy (non-hydrogen) atoms. The van der Waals surface area contributed by atoms with Gasteiger partial charge in [0.1, 0.15) is 5.75 Å². The highest BCUT2D eigenvalue weighted by molar-refractivity contribution is 6.02. The van der Waals surface area contributed by atoms with Gasteiger partial charge in [0, 0.05) is 17.0 Å². The van der Waals surface area contributed by atoms with E-state index in [9.17, 15) is 4.79 Å². The van der Waals surface area contributed by atoms with Crippen molar-refractivity contribution in [3.8, 4) is 5.75 Å². The first-order valence-corrected chi connectivity index (χ1v) is 10.9. The van der Waals surface area contributed by atoms with Crippen LogP contribution in [0.3, 0.4) is 0 Å². The number of carbonyl (C=O) groups is 1. The zero-order valence-electron chi connectivity index (χ0n) is 17.8. The zero-order chi connectivity index (χ0) is 21.9. The lowest BCUT2D eigenvalue weighted by Crippen LogP contribution is -2.15. The van der Waals surface area contributed by atoms with Crippen LogP contribution in [0, 0.1) is 5.92 Å². The van der Waals surface area contributed by atoms with Crippen LogP contribution in [0.15, 0.2) is 91.6 Å². The molecule has 1 fully saturated rings. The van der Waals surface area contributed by atoms with Crippen molar-refractivity contribution < 1.29 is 9.53 Å². The third-order valence-electron chi connectivity index (χ3n) is 6.13. The SMILES string of the molecule is C=CC(=O)Oc1ccccc1/C(=C(/c1ccccc1)C1CCC1)c1ccc2[nH]ncc2c1. The summed E-state index contributed by atoms with van der Waals surface area (Å²) in [6.07, 6.45) is 6.56. The summed E-state index contributed by atoms with van der Waals surface area (Å²) >= 11 is 0. The molecule has 1 heterocycles. The lowest BCUT2D eigenvalue weighted by Gasteiger charge is -2.32. The maximum atomic E-state index is 12.1. The van der Waals surface area contributed by atoms with E-state index in [4.69, 9.17) is 4.74 Å². The van der Waals surface area contributed by atoms with Crippen LogP contribution in [0.25, 0.3) is 22.0 Å². The standard InChI is InChI=1S/C28H24N2O2/c1-2-26(31)32-25-14-7-6-13-23(25)28(21-15-16-24-22(17-21)18-29-30-24)27(20-11-8-12-20)19-9-4-3-5-10-19/h2-7,9-10,13-18,20H,1,8,11-12H2,(H,29,30)/b28-27-. The third-order valence-corrected chi connectivity index (χ3v) is 6.13. The minimum atomic E-state index is -0.466. The summed E-state index contributed by atoms with van der Waals surface area (Å²) in [7, 11) is 0. The summed E-state index contributed by atoms with van der Waals surface area (Å²) in [4.78, 5) is 12.1. The van der Waals surface area contributed by atoms with E-state index in [-0.39, 0.29) is 0 Å². The molecule has 0 spiro atoms. The summed E-state index contributed by atoms with van der Waals surface area (Å²) < 4.78 is 5.68. The van der Waals surface area contributed by atoms with Gasteiger partial charge < -0.3 is 4.74 Å². The van der Waals surface area contributed by atoms with Crippen molar-refractivity contribution in [1.29, 1.82) is 0 Å². The van der Waals surface area contributed by atoms with Crippen molar-refractivity contribution in [1.82, 2.24) is 10.2 Å². The molecule has 1 aliphatic rings. The van der Waals surface area contributed by atoms with Gasteiger partial charge >= 0.3 is 5.97 Å². The van der Waals surface area contributed by atoms with Gasteiger partial charge in [-0.1, -0.05) is 67.6 Å². The Hall–Kier alpha value is -3.92. The number of hydrogen-bond donors (Lipinski definition) is 1. The van der Waals surface area contributed by atoms with Crippen LogP contribution in [0.5, 0.6) is 5.75 Å². The van der Waals surface area contributed by atoms with Gasteiger partial charge in [0.25, 0.3) is 0 Å². The van der Waals surface area contributed by atoms with Crippen molar-refractivity contribution in [3.05, 3.63) is 108 Å². The highest BCUT2D eigenvalue weighted by atomic mass is 16.5. The molecule has 4 aromatic rings. The fourth-order valence-corrected chi connectivity index (χ4v) is 4.37. The van der Waals surface area contributed by atoms with Crippen molar-refractivity contribution in [3.63, 3.8) is 0 Å². The lowest BCUT2D eigenvalue weighted by atomic mass is 9.73. The summed E-state index contributed by atoms with van der Waals surface area (Å²) in [6.45, 7) is 3.55. The largest absolute Gasteiger partial charge is 0.423 e. The first-order valence-electron chi connectivity index (χ1n) is 10.9. The van der Waals surface area contributed by atoms with Gasteiger partial charge in [0.2, 0.25) is 0 Å². The van der Waals surface area contributed by atoms with Crippen LogP contribution in [-0.2, 0) is 4.79 Å². The predicted octanol–water partition coefficient (Wildman–Crippen LogP) is 6.41. The highest BCUT2D eigenvalue weighted by Crippen LogP contribution is 2.46. The van der Waals surface area contributed by atoms with E-state index in [2.05, 4.69) is 59.2 Å². The Bertz CT molecular complexity index is 1310. The lowest BCUT2D eigenvalue weighted by molar-refractivity contribution is -0.128. The second-order valence-electron chi connectivity index (χ2n) is 8.08. The molecular weight excluding hydrogens is 396 g/mol. The van der Waals surface area contributed by atoms with Crippen molar-refractivity contribution in [2.24, 2.45) is 5.92 Å². The molecular formula is C28H24N2O2. The fourth-order valence-electron chi connectivity index (χ4n) is 4.37. The normalized spacial score (nSPS) is 14.5. The Morgan fingerprint density at radius 1 is 1.00 bits per heavy atom. The van der Waals surface area contributed by atoms with Gasteiger partial charge in [-0.2, -0.15) is 5.10 Å². The summed E-state index contributed by atoms with van der Waals surface area (Å²) in [5.41, 5.74) is 6.55. The molecule has 0 amide bonds. The molecule has 0 bridgehead atoms. The van der Waals surface area contributed by atoms with Crippen LogP contribution in [0.1, 0.15) is 36.0 Å². The molecule has 0 atom stereocenters. The Kier molecular flexibility index (Phi) is 5.42. The number of esters is 1. The topological polar surface area (TPSA) is 55.0 Å². The van der Waals surface area contributed by atoms with Gasteiger partial charge in [0.05, 0.1) is 11.7 Å². The Balaban J connectivity index is 1.81. The smallest absolute Gasteiger partial charge is 0.335 e. The molecule has 0 radical (unpaired) electrons. The Morgan fingerprint density at radius 2 is 1.78 bits per heavy atom. The van der Waals surface area contributed by atoms with Gasteiger partial charge in [-0.25, -0.2) is 4.79 Å². The van der Waals surface area contributed by atoms with Crippen LogP contribution in [-0.4, -0.2) is 16.2 Å². The first-order chi connectivity index (χ1) is 15.7. The number of hydrogen-bond acceptors (Lipinski definition) is 3. The minimum absolute atomic E-state index is 0.454. The number of rotatable bonds is 6. The number of nitrogens with one attached hydrogen (secondary N) is 1. The van der Waals surface area contributed by atoms with E-state index < -0.39 is 5.97 Å². The van der Waals surface area contributed by atoms with Gasteiger partial charge in [0.15, 0.2) is 0 Å². The van der Waals surface area contributed by atoms with E-state index >= 15 is 0 Å². The van der Waals surface area contributed by atoms with E-state index in [1.807, 2.05) is 36.5 Å². The molecule has 0 aliphatic heterocycles. The maximum absolute atomic E-state index is 12.1. The van der Waals surface area contributed by atoms with E-state index in [0.29, 0.717) is 11.7 Å². The fraction of sp³-hybridized carbons (Fsp3) is 0.143. The summed E-state index contributed by atoms with van der Waals surface area (Å²) in [5, 5.41) is 8.26. The number of benzene rings is 3. The minimum Gasteiger partial charge on any atom is -0.423 e. The molecule has 1 aliphatic carbocycles. The molecule has 3 aromatic carbocycles. The molecule has 158 valence electrons. The van der Waals surface area contributed by atoms with Gasteiger partial charge in [-0.15, -0.1) is 0 Å². The molecule has 4 nitrogen and oxygen atoms in total. The number of fused-ring (bicyclic) bond motifs is 1. The van der Waals surface area contributed by atoms with Crippen molar-refractivity contribution >= 4 is 28.0 Å². The number of para-hydroxylation sites is 1. The second-order valence-corrected chi connectivity index (χ2v) is 8.08. The number of aromatic nitrogens is 2. The van der Waals surface area contributed by atoms with Crippen molar-refractivity contribution in [2.75, 3.05) is 0 Å². The molecule has 1 saturated carbocycles. The zero-order valence-corrected chi connectivity index (χ0v) is 17.8. The number of H-pyrrole nitrogens is 1. The summed E-state index contributed by atoms with van der Waals surface area (Å²) in [5.74, 6) is 0.523. The molecule has 5 rings (SSSR count). The monoisotopic (exact) mass is 420 g/mol. The second kappa shape index (κ2) is 8.67. The molecule has 1 N–H and O–H groups in total. The average molecular weight is 421 g/mol. The Morgan fingerprint density at radius 3 is 2.53 bits per heavy atom. The number of carbonyl (C=O) groups excluding carboxylic acids is 1. The number of ether oxygens (including phenoxy) is 1.